The number of aldehydes is 1. The van der Waals surface area contributed by atoms with Gasteiger partial charge in [0, 0.05) is 131 Å². The molecule has 0 bridgehead atoms. The molecular weight excluding hydrogens is 1880 g/mol. The second-order valence-electron chi connectivity index (χ2n) is 31.5. The van der Waals surface area contributed by atoms with E-state index in [-0.39, 0.29) is 148 Å². The number of esters is 1. The molecular formula is C81H122BBr3Cl3F6NNaO16Si5. The Morgan fingerprint density at radius 2 is 0.726 bits per heavy atom. The molecule has 0 spiro atoms. The molecule has 17 nitrogen and oxygen atoms in total. The summed E-state index contributed by atoms with van der Waals surface area (Å²) in [6.45, 7) is 39.7. The molecule has 1 aliphatic rings. The van der Waals surface area contributed by atoms with Crippen LogP contribution in [-0.4, -0.2) is 161 Å². The summed E-state index contributed by atoms with van der Waals surface area (Å²) < 4.78 is 133. The van der Waals surface area contributed by atoms with Crippen molar-refractivity contribution in [2.75, 3.05) is 73.4 Å². The summed E-state index contributed by atoms with van der Waals surface area (Å²) in [5, 5.41) is 17.8. The van der Waals surface area contributed by atoms with Crippen molar-refractivity contribution < 1.29 is 134 Å². The summed E-state index contributed by atoms with van der Waals surface area (Å²) in [5.74, 6) is -2.73. The molecule has 0 saturated carbocycles. The fourth-order valence-corrected chi connectivity index (χ4v) is 13.6. The van der Waals surface area contributed by atoms with Gasteiger partial charge in [-0.25, -0.2) is 31.1 Å². The number of nitrogens with zero attached hydrogens (tertiary/aromatic N) is 1. The first-order valence-corrected chi connectivity index (χ1v) is 58.9. The van der Waals surface area contributed by atoms with E-state index in [1.54, 1.807) is 24.3 Å². The first kappa shape index (κ1) is 121. The van der Waals surface area contributed by atoms with Gasteiger partial charge in [0.2, 0.25) is 11.8 Å². The van der Waals surface area contributed by atoms with Crippen molar-refractivity contribution in [2.24, 2.45) is 0 Å². The molecule has 0 aliphatic carbocycles. The van der Waals surface area contributed by atoms with E-state index in [2.05, 4.69) is 151 Å². The van der Waals surface area contributed by atoms with Crippen LogP contribution in [0.5, 0.6) is 0 Å². The number of benzene rings is 6. The number of alkyl halides is 2. The van der Waals surface area contributed by atoms with Crippen LogP contribution in [0.25, 0.3) is 0 Å². The molecule has 0 unspecified atom stereocenters. The molecule has 655 valence electrons. The maximum Gasteiger partial charge on any atom is 1.00 e. The molecule has 0 aromatic heterocycles. The van der Waals surface area contributed by atoms with Gasteiger partial charge in [-0.15, -0.1) is 11.6 Å². The number of carbonyl (C=O) groups is 4. The second kappa shape index (κ2) is 66.7. The number of methoxy groups -OCH3 is 1. The molecule has 0 atom stereocenters. The largest absolute Gasteiger partial charge is 1.00 e. The van der Waals surface area contributed by atoms with Crippen LogP contribution in [0.4, 0.5) is 26.3 Å². The van der Waals surface area contributed by atoms with Crippen LogP contribution in [0.1, 0.15) is 81.4 Å². The van der Waals surface area contributed by atoms with E-state index in [4.69, 9.17) is 87.8 Å². The number of hydrogen-bond acceptors (Lipinski definition) is 16. The number of carbonyl (C=O) groups excluding carboxylic acids is 4. The normalized spacial score (nSPS) is 11.7. The van der Waals surface area contributed by atoms with E-state index in [9.17, 15) is 45.5 Å². The van der Waals surface area contributed by atoms with Gasteiger partial charge in [-0.05, 0) is 166 Å². The quantitative estimate of drug-likeness (QED) is 0.00428. The zero-order valence-electron chi connectivity index (χ0n) is 71.1. The molecule has 1 aliphatic heterocycles. The number of hydrogen-bond donors (Lipinski definition) is 2. The third-order valence-corrected chi connectivity index (χ3v) is 26.8. The Labute approximate surface area is 762 Å². The Balaban J connectivity index is -0.000000419. The summed E-state index contributed by atoms with van der Waals surface area (Å²) in [7, 11) is -3.85. The van der Waals surface area contributed by atoms with Crippen molar-refractivity contribution in [2.45, 2.75) is 194 Å². The van der Waals surface area contributed by atoms with E-state index in [1.807, 2.05) is 0 Å². The summed E-state index contributed by atoms with van der Waals surface area (Å²) in [6.07, 6.45) is 1.14. The smallest absolute Gasteiger partial charge is 1.00 e. The van der Waals surface area contributed by atoms with Crippen molar-refractivity contribution in [3.05, 3.63) is 208 Å². The minimum absolute atomic E-state index is 0. The second-order valence-corrected chi connectivity index (χ2v) is 63.0. The summed E-state index contributed by atoms with van der Waals surface area (Å²) in [6, 6.07) is 31.4. The number of ether oxygens (including phenoxy) is 10. The fourth-order valence-electron chi connectivity index (χ4n) is 8.23. The summed E-state index contributed by atoms with van der Waals surface area (Å²) in [5.41, 5.74) is 5.48. The van der Waals surface area contributed by atoms with E-state index >= 15 is 0 Å². The topological polar surface area (TPSA) is 204 Å². The van der Waals surface area contributed by atoms with Crippen molar-refractivity contribution in [3.8, 4) is 0 Å². The average Bonchev–Trinajstić information content (AvgIpc) is 1.09. The first-order chi connectivity index (χ1) is 53.3. The van der Waals surface area contributed by atoms with Crippen molar-refractivity contribution in [1.29, 1.82) is 0 Å². The zero-order chi connectivity index (χ0) is 86.7. The predicted molar refractivity (Wildman–Crippen MR) is 480 cm³/mol. The molecule has 3 radical (unpaired) electrons. The fraction of sp³-hybridized carbons (Fsp3) is 0.506. The van der Waals surface area contributed by atoms with Gasteiger partial charge < -0.3 is 59.0 Å². The first-order valence-electron chi connectivity index (χ1n) is 36.6. The third-order valence-electron chi connectivity index (χ3n) is 15.1. The average molecular weight is 2000 g/mol. The number of amides is 2. The van der Waals surface area contributed by atoms with Crippen LogP contribution in [0.15, 0.2) is 123 Å². The molecule has 6 aromatic carbocycles. The summed E-state index contributed by atoms with van der Waals surface area (Å²) in [4.78, 5) is 42.5. The van der Waals surface area contributed by atoms with Gasteiger partial charge in [-0.1, -0.05) is 177 Å². The van der Waals surface area contributed by atoms with Gasteiger partial charge in [0.05, 0.1) is 52.3 Å². The van der Waals surface area contributed by atoms with E-state index < -0.39 is 58.0 Å². The van der Waals surface area contributed by atoms with Crippen LogP contribution >= 0.6 is 82.8 Å². The molecule has 6 aromatic rings. The summed E-state index contributed by atoms with van der Waals surface area (Å²) >= 11 is 25.9. The van der Waals surface area contributed by atoms with Gasteiger partial charge >= 0.3 is 35.5 Å². The Bertz CT molecular complexity index is 3670. The molecule has 7 rings (SSSR count). The Morgan fingerprint density at radius 1 is 0.436 bits per heavy atom. The van der Waals surface area contributed by atoms with Crippen molar-refractivity contribution in [1.82, 2.24) is 4.42 Å². The number of rotatable bonds is 37. The zero-order valence-corrected chi connectivity index (χ0v) is 84.1. The number of imide groups is 1. The molecule has 1 saturated heterocycles. The van der Waals surface area contributed by atoms with Gasteiger partial charge in [0.1, 0.15) is 68.1 Å². The van der Waals surface area contributed by atoms with Crippen molar-refractivity contribution in [3.63, 3.8) is 0 Å². The van der Waals surface area contributed by atoms with Gasteiger partial charge in [-0.2, -0.15) is 4.42 Å². The van der Waals surface area contributed by atoms with Gasteiger partial charge in [-0.3, -0.25) is 14.4 Å². The van der Waals surface area contributed by atoms with Crippen LogP contribution in [0.2, 0.25) is 128 Å². The van der Waals surface area contributed by atoms with Gasteiger partial charge in [0.15, 0.2) is 6.29 Å². The SMILES string of the molecule is C.COC(=O)c1ccc(F)cc1COCOCC[Si](C)(C)C.C[Si](C)(C)CCOCCl.C[Si](C)(C)CCOCOCc1cc(F)ccc1Br.C[Si](C)(C)CCOCOCc1cc(F)ccc1CCl.C[Si](C)(C)CCOCOCc1cc(F)ccc1CO.O=C1CCC(=O)N1Cl.O=Cc1cc(F)ccc1Br.OCc1cc(F)ccc1Br.[B].[H-].[Na+]. The minimum atomic E-state index is -1.11. The molecule has 2 N–H and O–H groups in total. The molecule has 1 heterocycles. The van der Waals surface area contributed by atoms with Gasteiger partial charge in [0.25, 0.3) is 0 Å². The Kier molecular flexibility index (Phi) is 68.7. The number of aliphatic hydroxyl groups excluding tert-OH is 2. The molecule has 1 fully saturated rings. The number of aliphatic hydroxyl groups is 2. The molecule has 117 heavy (non-hydrogen) atoms. The Morgan fingerprint density at radius 3 is 1.04 bits per heavy atom. The van der Waals surface area contributed by atoms with Crippen LogP contribution < -0.4 is 29.6 Å². The number of halogens is 12. The van der Waals surface area contributed by atoms with Crippen LogP contribution in [0, 0.1) is 34.9 Å². The minimum Gasteiger partial charge on any atom is -1.00 e. The third kappa shape index (κ3) is 63.7. The molecule has 2 amide bonds. The van der Waals surface area contributed by atoms with Crippen molar-refractivity contribution >= 4 is 156 Å². The Hall–Kier alpha value is -2.80. The standard InChI is InChI=1S/C15H23FO4Si.C14H22ClFO2Si.C14H23FO3Si.C13H20BrFO2Si.C7H6BrFO.C7H4BrFO.C6H15ClOSi.C4H4ClNO2.CH4.B.Na.H/c1-18-15(17)14-6-5-13(16)9-12(14)10-20-11-19-7-8-21(2,3)4;1-19(2,3)7-6-17-11-18-10-13-8-14(16)5-4-12(13)9-15;1-19(2,3)7-6-17-11-18-10-13-8-14(15)5-4-12(13)9-16;1-18(2,3)7-6-16-10-17-9-11-8-12(15)4-5-13(11)14;2*8-7-2-1-6(9)3-5(7)4-10;1-9(2,3)5-4-8-6-7;5-6-3(7)1-2-4(6)8;;;;/h5-6,9H,7-8,10-11H2,1-4H3;4-5,8H,6-7,9-11H2,1-3H3;4-5,8,16H,6-7,9-11H2,1-3H3;4-5,8H,6-7,9-10H2,1-3H3;1-3,10H,4H2;1-4H;4-6H2,1-3H3;1-2H2;1H4;;;/q;;;;;;;;;;+1;-1. The molecule has 36 heteroatoms. The predicted octanol–water partition coefficient (Wildman–Crippen LogP) is 20.1. The van der Waals surface area contributed by atoms with Crippen LogP contribution in [0.3, 0.4) is 0 Å². The monoisotopic (exact) mass is 1990 g/mol. The van der Waals surface area contributed by atoms with E-state index in [0.717, 1.165) is 69.6 Å². The maximum absolute atomic E-state index is 13.2. The van der Waals surface area contributed by atoms with Crippen LogP contribution in [-0.2, 0) is 102 Å². The maximum atomic E-state index is 13.2. The van der Waals surface area contributed by atoms with E-state index in [1.165, 1.54) is 98.1 Å². The van der Waals surface area contributed by atoms with E-state index in [0.29, 0.717) is 86.9 Å².